The summed E-state index contributed by atoms with van der Waals surface area (Å²) in [5.41, 5.74) is 1.38. The molecule has 2 rings (SSSR count). The normalized spacial score (nSPS) is 10.6. The van der Waals surface area contributed by atoms with Gasteiger partial charge in [0, 0.05) is 17.0 Å². The van der Waals surface area contributed by atoms with E-state index in [2.05, 4.69) is 4.98 Å². The first-order chi connectivity index (χ1) is 7.61. The predicted octanol–water partition coefficient (Wildman–Crippen LogP) is 2.46. The highest BCUT2D eigenvalue weighted by molar-refractivity contribution is 6.32. The molecule has 2 N–H and O–H groups in total. The van der Waals surface area contributed by atoms with Crippen molar-refractivity contribution in [1.29, 1.82) is 0 Å². The summed E-state index contributed by atoms with van der Waals surface area (Å²) in [6.45, 7) is 0. The summed E-state index contributed by atoms with van der Waals surface area (Å²) in [6.07, 6.45) is -0.0921. The van der Waals surface area contributed by atoms with E-state index < -0.39 is 5.97 Å². The van der Waals surface area contributed by atoms with E-state index in [1.807, 2.05) is 0 Å². The molecule has 0 atom stereocenters. The number of rotatable bonds is 3. The summed E-state index contributed by atoms with van der Waals surface area (Å²) in [7, 11) is 1.57. The third-order valence-electron chi connectivity index (χ3n) is 2.39. The van der Waals surface area contributed by atoms with Crippen molar-refractivity contribution in [3.63, 3.8) is 0 Å². The lowest BCUT2D eigenvalue weighted by molar-refractivity contribution is -0.136. The Hall–Kier alpha value is -1.68. The third kappa shape index (κ3) is 1.84. The van der Waals surface area contributed by atoms with Crippen molar-refractivity contribution in [3.8, 4) is 5.75 Å². The summed E-state index contributed by atoms with van der Waals surface area (Å²) < 4.78 is 5.07. The molecule has 0 saturated carbocycles. The number of aliphatic carboxylic acids is 1. The Labute approximate surface area is 96.8 Å². The van der Waals surface area contributed by atoms with Crippen molar-refractivity contribution in [3.05, 3.63) is 28.9 Å². The zero-order valence-corrected chi connectivity index (χ0v) is 9.34. The molecule has 0 spiro atoms. The maximum atomic E-state index is 10.7. The maximum Gasteiger partial charge on any atom is 0.307 e. The van der Waals surface area contributed by atoms with Gasteiger partial charge in [0.2, 0.25) is 0 Å². The molecule has 0 aliphatic rings. The van der Waals surface area contributed by atoms with Gasteiger partial charge in [0.25, 0.3) is 0 Å². The number of ether oxygens (including phenoxy) is 1. The number of carboxylic acid groups (broad SMARTS) is 1. The van der Waals surface area contributed by atoms with E-state index in [1.54, 1.807) is 25.3 Å². The van der Waals surface area contributed by atoms with Gasteiger partial charge in [-0.25, -0.2) is 0 Å². The maximum absolute atomic E-state index is 10.7. The van der Waals surface area contributed by atoms with Gasteiger partial charge in [0.05, 0.1) is 19.0 Å². The Kier molecular flexibility index (Phi) is 2.75. The number of aromatic amines is 1. The molecule has 0 saturated heterocycles. The number of fused-ring (bicyclic) bond motifs is 1. The van der Waals surface area contributed by atoms with Gasteiger partial charge in [-0.05, 0) is 12.1 Å². The third-order valence-corrected chi connectivity index (χ3v) is 2.71. The van der Waals surface area contributed by atoms with Crippen molar-refractivity contribution in [2.24, 2.45) is 0 Å². The number of aromatic nitrogens is 1. The highest BCUT2D eigenvalue weighted by Crippen LogP contribution is 2.29. The Morgan fingerprint density at radius 1 is 1.56 bits per heavy atom. The van der Waals surface area contributed by atoms with Gasteiger partial charge in [-0.3, -0.25) is 4.79 Å². The second-order valence-corrected chi connectivity index (χ2v) is 3.78. The number of hydrogen-bond donors (Lipinski definition) is 2. The van der Waals surface area contributed by atoms with Gasteiger partial charge in [0.15, 0.2) is 0 Å². The van der Waals surface area contributed by atoms with Crippen LogP contribution in [-0.2, 0) is 11.2 Å². The molecule has 0 amide bonds. The minimum atomic E-state index is -0.904. The lowest BCUT2D eigenvalue weighted by Crippen LogP contribution is -1.99. The molecule has 84 valence electrons. The van der Waals surface area contributed by atoms with Crippen LogP contribution in [0.3, 0.4) is 0 Å². The van der Waals surface area contributed by atoms with E-state index in [0.717, 1.165) is 10.9 Å². The zero-order valence-electron chi connectivity index (χ0n) is 8.58. The first-order valence-electron chi connectivity index (χ1n) is 4.67. The van der Waals surface area contributed by atoms with Crippen molar-refractivity contribution >= 4 is 28.5 Å². The lowest BCUT2D eigenvalue weighted by Gasteiger charge is -1.99. The molecule has 1 aromatic heterocycles. The molecule has 0 bridgehead atoms. The molecular formula is C11H10ClNO3. The van der Waals surface area contributed by atoms with Crippen LogP contribution < -0.4 is 4.74 Å². The SMILES string of the molecule is COc1ccc2c(CC(=O)O)c(Cl)[nH]c2c1. The molecule has 0 unspecified atom stereocenters. The van der Waals surface area contributed by atoms with E-state index >= 15 is 0 Å². The number of H-pyrrole nitrogens is 1. The molecule has 1 heterocycles. The van der Waals surface area contributed by atoms with Crippen molar-refractivity contribution in [2.45, 2.75) is 6.42 Å². The van der Waals surface area contributed by atoms with Crippen LogP contribution >= 0.6 is 11.6 Å². The summed E-state index contributed by atoms with van der Waals surface area (Å²) in [6, 6.07) is 5.36. The molecule has 0 aliphatic heterocycles. The quantitative estimate of drug-likeness (QED) is 0.865. The van der Waals surface area contributed by atoms with E-state index in [4.69, 9.17) is 21.4 Å². The lowest BCUT2D eigenvalue weighted by atomic mass is 10.1. The van der Waals surface area contributed by atoms with Crippen LogP contribution in [0.4, 0.5) is 0 Å². The molecule has 5 heteroatoms. The van der Waals surface area contributed by atoms with Gasteiger partial charge in [-0.2, -0.15) is 0 Å². The molecule has 0 radical (unpaired) electrons. The van der Waals surface area contributed by atoms with E-state index in [9.17, 15) is 4.79 Å². The minimum Gasteiger partial charge on any atom is -0.497 e. The average molecular weight is 240 g/mol. The monoisotopic (exact) mass is 239 g/mol. The van der Waals surface area contributed by atoms with Gasteiger partial charge < -0.3 is 14.8 Å². The summed E-state index contributed by atoms with van der Waals surface area (Å²) in [4.78, 5) is 13.6. The van der Waals surface area contributed by atoms with E-state index in [0.29, 0.717) is 16.5 Å². The number of carbonyl (C=O) groups is 1. The number of nitrogens with one attached hydrogen (secondary N) is 1. The fraction of sp³-hybridized carbons (Fsp3) is 0.182. The first-order valence-corrected chi connectivity index (χ1v) is 5.05. The molecule has 16 heavy (non-hydrogen) atoms. The van der Waals surface area contributed by atoms with Gasteiger partial charge in [-0.1, -0.05) is 11.6 Å². The molecule has 4 nitrogen and oxygen atoms in total. The van der Waals surface area contributed by atoms with Gasteiger partial charge >= 0.3 is 5.97 Å². The molecule has 2 aromatic rings. The number of benzene rings is 1. The van der Waals surface area contributed by atoms with Crippen LogP contribution in [0, 0.1) is 0 Å². The van der Waals surface area contributed by atoms with Crippen molar-refractivity contribution in [1.82, 2.24) is 4.98 Å². The molecule has 0 fully saturated rings. The molecule has 1 aromatic carbocycles. The number of halogens is 1. The van der Waals surface area contributed by atoms with Crippen LogP contribution in [-0.4, -0.2) is 23.2 Å². The van der Waals surface area contributed by atoms with E-state index in [-0.39, 0.29) is 6.42 Å². The van der Waals surface area contributed by atoms with Crippen molar-refractivity contribution < 1.29 is 14.6 Å². The van der Waals surface area contributed by atoms with Gasteiger partial charge in [-0.15, -0.1) is 0 Å². The predicted molar refractivity (Wildman–Crippen MR) is 61.2 cm³/mol. The molecular weight excluding hydrogens is 230 g/mol. The van der Waals surface area contributed by atoms with E-state index in [1.165, 1.54) is 0 Å². The van der Waals surface area contributed by atoms with Crippen LogP contribution in [0.1, 0.15) is 5.56 Å². The number of carboxylic acids is 1. The Morgan fingerprint density at radius 2 is 2.31 bits per heavy atom. The van der Waals surface area contributed by atoms with Crippen LogP contribution in [0.2, 0.25) is 5.15 Å². The summed E-state index contributed by atoms with van der Waals surface area (Å²) in [5, 5.41) is 9.95. The summed E-state index contributed by atoms with van der Waals surface area (Å²) >= 11 is 5.95. The topological polar surface area (TPSA) is 62.3 Å². The van der Waals surface area contributed by atoms with Gasteiger partial charge in [0.1, 0.15) is 10.9 Å². The highest BCUT2D eigenvalue weighted by atomic mass is 35.5. The number of hydrogen-bond acceptors (Lipinski definition) is 2. The first kappa shape index (κ1) is 10.8. The summed E-state index contributed by atoms with van der Waals surface area (Å²) in [5.74, 6) is -0.203. The van der Waals surface area contributed by atoms with Crippen molar-refractivity contribution in [2.75, 3.05) is 7.11 Å². The minimum absolute atomic E-state index is 0.0921. The fourth-order valence-corrected chi connectivity index (χ4v) is 1.92. The Balaban J connectivity index is 2.57. The smallest absolute Gasteiger partial charge is 0.307 e. The second-order valence-electron chi connectivity index (χ2n) is 3.40. The fourth-order valence-electron chi connectivity index (χ4n) is 1.65. The van der Waals surface area contributed by atoms with Crippen LogP contribution in [0.5, 0.6) is 5.75 Å². The molecule has 0 aliphatic carbocycles. The zero-order chi connectivity index (χ0) is 11.7. The van der Waals surface area contributed by atoms with Crippen LogP contribution in [0.25, 0.3) is 10.9 Å². The van der Waals surface area contributed by atoms with Crippen LogP contribution in [0.15, 0.2) is 18.2 Å². The largest absolute Gasteiger partial charge is 0.497 e. The second kappa shape index (κ2) is 4.06. The average Bonchev–Trinajstić information content (AvgIpc) is 2.54. The standard InChI is InChI=1S/C11H10ClNO3/c1-16-6-2-3-7-8(5-10(14)15)11(12)13-9(7)4-6/h2-4,13H,5H2,1H3,(H,14,15). The number of methoxy groups -OCH3 is 1. The Bertz CT molecular complexity index is 547. The highest BCUT2D eigenvalue weighted by Gasteiger charge is 2.13. The Morgan fingerprint density at radius 3 is 2.94 bits per heavy atom.